The second kappa shape index (κ2) is 4.91. The number of carbonyl (C=O) groups is 2. The van der Waals surface area contributed by atoms with E-state index in [1.54, 1.807) is 0 Å². The quantitative estimate of drug-likeness (QED) is 0.433. The second-order valence-electron chi connectivity index (χ2n) is 3.46. The topological polar surface area (TPSA) is 80.8 Å². The van der Waals surface area contributed by atoms with Crippen molar-refractivity contribution in [1.82, 2.24) is 4.90 Å². The number of imide groups is 1. The van der Waals surface area contributed by atoms with Crippen LogP contribution in [-0.2, 0) is 23.1 Å². The van der Waals surface area contributed by atoms with Gasteiger partial charge in [0.1, 0.15) is 11.5 Å². The van der Waals surface area contributed by atoms with E-state index in [1.165, 1.54) is 12.2 Å². The number of halogens is 1. The van der Waals surface area contributed by atoms with Gasteiger partial charge in [-0.15, -0.1) is 0 Å². The third kappa shape index (κ3) is 3.24. The second-order valence-corrected chi connectivity index (χ2v) is 5.55. The van der Waals surface area contributed by atoms with Gasteiger partial charge in [-0.1, -0.05) is 5.92 Å². The monoisotopic (exact) mass is 299 g/mol. The highest BCUT2D eigenvalue weighted by molar-refractivity contribution is 8.10. The standard InChI is InChI=1S/C11H6ClNO5S/c12-19(16,17)18-9-4-2-1-3-8(7-9)13-10(14)5-6-11(13)15/h4-7H,2H2. The first-order valence-corrected chi connectivity index (χ1v) is 7.21. The number of hydrogen-bond acceptors (Lipinski definition) is 5. The van der Waals surface area contributed by atoms with Crippen LogP contribution in [0.3, 0.4) is 0 Å². The van der Waals surface area contributed by atoms with Gasteiger partial charge in [0.05, 0.1) is 10.7 Å². The Bertz CT molecular complexity index is 687. The Labute approximate surface area is 113 Å². The number of carbonyl (C=O) groups excluding carboxylic acids is 2. The third-order valence-electron chi connectivity index (χ3n) is 2.15. The molecule has 0 unspecified atom stereocenters. The lowest BCUT2D eigenvalue weighted by molar-refractivity contribution is -0.134. The van der Waals surface area contributed by atoms with Crippen LogP contribution >= 0.6 is 10.7 Å². The molecule has 2 aliphatic rings. The molecule has 8 heteroatoms. The van der Waals surface area contributed by atoms with E-state index in [0.717, 1.165) is 17.1 Å². The van der Waals surface area contributed by atoms with Crippen LogP contribution in [0.4, 0.5) is 0 Å². The molecule has 0 bridgehead atoms. The molecule has 0 saturated heterocycles. The minimum atomic E-state index is -4.21. The van der Waals surface area contributed by atoms with Crippen molar-refractivity contribution in [3.05, 3.63) is 35.8 Å². The molecule has 1 heterocycles. The minimum Gasteiger partial charge on any atom is -0.371 e. The fraction of sp³-hybridized carbons (Fsp3) is 0.0909. The van der Waals surface area contributed by atoms with Gasteiger partial charge in [0, 0.05) is 24.6 Å². The van der Waals surface area contributed by atoms with Crippen molar-refractivity contribution in [3.8, 4) is 11.8 Å². The van der Waals surface area contributed by atoms with Crippen molar-refractivity contribution >= 4 is 31.8 Å². The van der Waals surface area contributed by atoms with E-state index in [0.29, 0.717) is 0 Å². The molecule has 0 aromatic rings. The molecule has 1 aliphatic carbocycles. The number of nitrogens with zero attached hydrogens (tertiary/aromatic N) is 1. The average molecular weight is 300 g/mol. The highest BCUT2D eigenvalue weighted by Gasteiger charge is 2.27. The molecular formula is C11H6ClNO5S. The Morgan fingerprint density at radius 3 is 2.47 bits per heavy atom. The lowest BCUT2D eigenvalue weighted by atomic mass is 10.3. The summed E-state index contributed by atoms with van der Waals surface area (Å²) in [5.41, 5.74) is 0.0315. The summed E-state index contributed by atoms with van der Waals surface area (Å²) in [7, 11) is 0.750. The fourth-order valence-electron chi connectivity index (χ4n) is 1.45. The highest BCUT2D eigenvalue weighted by Crippen LogP contribution is 2.19. The van der Waals surface area contributed by atoms with Gasteiger partial charge < -0.3 is 4.18 Å². The zero-order valence-corrected chi connectivity index (χ0v) is 10.9. The number of amides is 2. The van der Waals surface area contributed by atoms with Crippen molar-refractivity contribution in [3.63, 3.8) is 0 Å². The van der Waals surface area contributed by atoms with Crippen molar-refractivity contribution in [2.45, 2.75) is 6.42 Å². The number of allylic oxidation sites excluding steroid dienone is 3. The van der Waals surface area contributed by atoms with Gasteiger partial charge in [0.15, 0.2) is 0 Å². The zero-order chi connectivity index (χ0) is 14.0. The van der Waals surface area contributed by atoms with Gasteiger partial charge in [0.25, 0.3) is 11.8 Å². The predicted octanol–water partition coefficient (Wildman–Crippen LogP) is 0.586. The number of rotatable bonds is 3. The van der Waals surface area contributed by atoms with Crippen LogP contribution in [0.5, 0.6) is 0 Å². The van der Waals surface area contributed by atoms with E-state index in [1.807, 2.05) is 0 Å². The summed E-state index contributed by atoms with van der Waals surface area (Å²) in [4.78, 5) is 23.8. The molecule has 0 atom stereocenters. The van der Waals surface area contributed by atoms with Crippen LogP contribution < -0.4 is 0 Å². The fourth-order valence-corrected chi connectivity index (χ4v) is 2.02. The average Bonchev–Trinajstić information content (AvgIpc) is 2.49. The maximum Gasteiger partial charge on any atom is 0.401 e. The van der Waals surface area contributed by atoms with E-state index in [2.05, 4.69) is 16.0 Å². The van der Waals surface area contributed by atoms with E-state index in [-0.39, 0.29) is 17.9 Å². The normalized spacial score (nSPS) is 18.5. The van der Waals surface area contributed by atoms with Crippen LogP contribution in [0.25, 0.3) is 0 Å². The predicted molar refractivity (Wildman–Crippen MR) is 65.4 cm³/mol. The molecule has 1 aliphatic heterocycles. The molecule has 0 aromatic carbocycles. The summed E-state index contributed by atoms with van der Waals surface area (Å²) in [6, 6.07) is 0. The van der Waals surface area contributed by atoms with Crippen molar-refractivity contribution in [2.75, 3.05) is 0 Å². The van der Waals surface area contributed by atoms with Crippen LogP contribution in [0.1, 0.15) is 6.42 Å². The largest absolute Gasteiger partial charge is 0.401 e. The van der Waals surface area contributed by atoms with Crippen LogP contribution in [-0.4, -0.2) is 25.1 Å². The maximum absolute atomic E-state index is 11.5. The SMILES string of the molecule is O=C1C=CC(=O)N1C1=CC(OS(=O)(=O)Cl)=CCC#C1. The molecule has 0 N–H and O–H groups in total. The minimum absolute atomic E-state index is 0.0315. The van der Waals surface area contributed by atoms with Crippen molar-refractivity contribution in [1.29, 1.82) is 0 Å². The molecule has 2 rings (SSSR count). The summed E-state index contributed by atoms with van der Waals surface area (Å²) in [6.07, 6.45) is 4.93. The lowest BCUT2D eigenvalue weighted by Crippen LogP contribution is -2.28. The Balaban J connectivity index is 2.33. The van der Waals surface area contributed by atoms with E-state index >= 15 is 0 Å². The summed E-state index contributed by atoms with van der Waals surface area (Å²) < 4.78 is 26.2. The molecule has 19 heavy (non-hydrogen) atoms. The van der Waals surface area contributed by atoms with Gasteiger partial charge in [-0.05, 0) is 12.0 Å². The van der Waals surface area contributed by atoms with E-state index < -0.39 is 21.1 Å². The molecule has 0 aromatic heterocycles. The molecule has 0 spiro atoms. The van der Waals surface area contributed by atoms with Gasteiger partial charge in [0.2, 0.25) is 0 Å². The van der Waals surface area contributed by atoms with Crippen molar-refractivity contribution in [2.24, 2.45) is 0 Å². The third-order valence-corrected chi connectivity index (χ3v) is 2.73. The first-order chi connectivity index (χ1) is 8.87. The molecular weight excluding hydrogens is 294 g/mol. The molecule has 0 saturated carbocycles. The van der Waals surface area contributed by atoms with E-state index in [9.17, 15) is 18.0 Å². The van der Waals surface area contributed by atoms with Gasteiger partial charge >= 0.3 is 9.33 Å². The van der Waals surface area contributed by atoms with Gasteiger partial charge in [-0.25, -0.2) is 4.90 Å². The van der Waals surface area contributed by atoms with Crippen LogP contribution in [0.15, 0.2) is 35.8 Å². The first-order valence-electron chi connectivity index (χ1n) is 4.98. The summed E-state index contributed by atoms with van der Waals surface area (Å²) in [5, 5.41) is 0. The van der Waals surface area contributed by atoms with Crippen LogP contribution in [0, 0.1) is 11.8 Å². The lowest BCUT2D eigenvalue weighted by Gasteiger charge is -2.13. The summed E-state index contributed by atoms with van der Waals surface area (Å²) in [6.45, 7) is 0. The van der Waals surface area contributed by atoms with Crippen LogP contribution in [0.2, 0.25) is 0 Å². The molecule has 0 fully saturated rings. The Kier molecular flexibility index (Phi) is 3.46. The summed E-state index contributed by atoms with van der Waals surface area (Å²) >= 11 is 0. The van der Waals surface area contributed by atoms with Gasteiger partial charge in [-0.2, -0.15) is 8.42 Å². The maximum atomic E-state index is 11.5. The summed E-state index contributed by atoms with van der Waals surface area (Å²) in [5.74, 6) is 4.00. The molecule has 2 amide bonds. The Hall–Kier alpha value is -2.04. The van der Waals surface area contributed by atoms with Gasteiger partial charge in [-0.3, -0.25) is 9.59 Å². The number of hydrogen-bond donors (Lipinski definition) is 0. The smallest absolute Gasteiger partial charge is 0.371 e. The molecule has 0 radical (unpaired) electrons. The highest BCUT2D eigenvalue weighted by atomic mass is 35.7. The molecule has 98 valence electrons. The molecule has 6 nitrogen and oxygen atoms in total. The Morgan fingerprint density at radius 1 is 1.26 bits per heavy atom. The van der Waals surface area contributed by atoms with Crippen molar-refractivity contribution < 1.29 is 22.2 Å². The Morgan fingerprint density at radius 2 is 1.89 bits per heavy atom. The first kappa shape index (κ1) is 13.4. The van der Waals surface area contributed by atoms with E-state index in [4.69, 9.17) is 10.7 Å². The zero-order valence-electron chi connectivity index (χ0n) is 9.29.